The van der Waals surface area contributed by atoms with E-state index in [1.165, 1.54) is 4.90 Å². The molecule has 1 rings (SSSR count). The van der Waals surface area contributed by atoms with Gasteiger partial charge in [-0.05, 0) is 18.6 Å². The minimum atomic E-state index is -1.33. The number of rotatable bonds is 5. The summed E-state index contributed by atoms with van der Waals surface area (Å²) in [5, 5.41) is 8.45. The van der Waals surface area contributed by atoms with Gasteiger partial charge in [-0.15, -0.1) is 0 Å². The van der Waals surface area contributed by atoms with Crippen LogP contribution in [0.5, 0.6) is 0 Å². The van der Waals surface area contributed by atoms with Crippen molar-refractivity contribution in [2.24, 2.45) is 0 Å². The standard InChI is InChI=1S/C13H16N2O2S/c1-11-6-3-4-7-12(11)18(17)10-13(16)15(2)9-5-8-14/h3-4,6-7H,5,9-10H2,1-2H3. The van der Waals surface area contributed by atoms with Crippen molar-refractivity contribution in [3.05, 3.63) is 29.8 Å². The minimum Gasteiger partial charge on any atom is -0.344 e. The summed E-state index contributed by atoms with van der Waals surface area (Å²) in [6.07, 6.45) is 0.291. The van der Waals surface area contributed by atoms with Gasteiger partial charge < -0.3 is 4.90 Å². The molecule has 1 atom stereocenters. The zero-order valence-corrected chi connectivity index (χ0v) is 11.4. The molecule has 0 aliphatic heterocycles. The lowest BCUT2D eigenvalue weighted by Gasteiger charge is -2.15. The Balaban J connectivity index is 2.63. The molecule has 1 amide bonds. The molecule has 4 nitrogen and oxygen atoms in total. The van der Waals surface area contributed by atoms with E-state index in [2.05, 4.69) is 0 Å². The first-order valence-corrected chi connectivity index (χ1v) is 6.93. The largest absolute Gasteiger partial charge is 0.344 e. The summed E-state index contributed by atoms with van der Waals surface area (Å²) in [4.78, 5) is 13.9. The number of carbonyl (C=O) groups excluding carboxylic acids is 1. The number of benzene rings is 1. The average molecular weight is 264 g/mol. The monoisotopic (exact) mass is 264 g/mol. The van der Waals surface area contributed by atoms with Crippen LogP contribution in [0.2, 0.25) is 0 Å². The summed E-state index contributed by atoms with van der Waals surface area (Å²) in [5.74, 6) is -0.237. The molecule has 0 aromatic heterocycles. The lowest BCUT2D eigenvalue weighted by atomic mass is 10.2. The number of carbonyl (C=O) groups is 1. The molecular weight excluding hydrogens is 248 g/mol. The van der Waals surface area contributed by atoms with Gasteiger partial charge in [0.15, 0.2) is 0 Å². The van der Waals surface area contributed by atoms with Crippen LogP contribution in [0.4, 0.5) is 0 Å². The van der Waals surface area contributed by atoms with Gasteiger partial charge in [0.1, 0.15) is 5.75 Å². The summed E-state index contributed by atoms with van der Waals surface area (Å²) in [6.45, 7) is 2.25. The van der Waals surface area contributed by atoms with Crippen molar-refractivity contribution in [2.75, 3.05) is 19.3 Å². The number of hydrogen-bond acceptors (Lipinski definition) is 3. The van der Waals surface area contributed by atoms with Crippen LogP contribution in [0, 0.1) is 18.3 Å². The lowest BCUT2D eigenvalue weighted by molar-refractivity contribution is -0.127. The third-order valence-corrected chi connectivity index (χ3v) is 4.04. The smallest absolute Gasteiger partial charge is 0.235 e. The van der Waals surface area contributed by atoms with Crippen LogP contribution < -0.4 is 0 Å². The van der Waals surface area contributed by atoms with E-state index in [-0.39, 0.29) is 11.7 Å². The molecule has 0 saturated heterocycles. The fourth-order valence-electron chi connectivity index (χ4n) is 1.45. The van der Waals surface area contributed by atoms with E-state index in [0.29, 0.717) is 17.9 Å². The molecule has 1 aromatic carbocycles. The van der Waals surface area contributed by atoms with Crippen molar-refractivity contribution in [2.45, 2.75) is 18.2 Å². The van der Waals surface area contributed by atoms with E-state index in [1.807, 2.05) is 31.2 Å². The van der Waals surface area contributed by atoms with E-state index in [9.17, 15) is 9.00 Å². The highest BCUT2D eigenvalue weighted by atomic mass is 32.2. The topological polar surface area (TPSA) is 61.2 Å². The van der Waals surface area contributed by atoms with Gasteiger partial charge in [0.05, 0.1) is 23.3 Å². The van der Waals surface area contributed by atoms with Gasteiger partial charge in [0.2, 0.25) is 5.91 Å². The summed E-state index contributed by atoms with van der Waals surface area (Å²) in [7, 11) is 0.294. The molecule has 0 bridgehead atoms. The van der Waals surface area contributed by atoms with Gasteiger partial charge in [-0.2, -0.15) is 5.26 Å². The Morgan fingerprint density at radius 1 is 1.44 bits per heavy atom. The van der Waals surface area contributed by atoms with Gasteiger partial charge in [-0.1, -0.05) is 18.2 Å². The molecule has 0 saturated carbocycles. The first-order chi connectivity index (χ1) is 8.56. The molecule has 5 heteroatoms. The maximum absolute atomic E-state index is 12.1. The molecular formula is C13H16N2O2S. The van der Waals surface area contributed by atoms with Crippen molar-refractivity contribution in [1.82, 2.24) is 4.90 Å². The molecule has 0 fully saturated rings. The second-order valence-corrected chi connectivity index (χ2v) is 5.40. The molecule has 1 unspecified atom stereocenters. The Morgan fingerprint density at radius 2 is 2.11 bits per heavy atom. The quantitative estimate of drug-likeness (QED) is 0.809. The highest BCUT2D eigenvalue weighted by Gasteiger charge is 2.15. The van der Waals surface area contributed by atoms with Crippen LogP contribution in [0.25, 0.3) is 0 Å². The number of hydrogen-bond donors (Lipinski definition) is 0. The van der Waals surface area contributed by atoms with Crippen LogP contribution in [-0.2, 0) is 15.6 Å². The van der Waals surface area contributed by atoms with Crippen LogP contribution in [0.1, 0.15) is 12.0 Å². The SMILES string of the molecule is Cc1ccccc1S(=O)CC(=O)N(C)CCC#N. The Kier molecular flexibility index (Phi) is 5.53. The molecule has 0 aliphatic carbocycles. The molecule has 0 heterocycles. The summed E-state index contributed by atoms with van der Waals surface area (Å²) >= 11 is 0. The fraction of sp³-hybridized carbons (Fsp3) is 0.385. The van der Waals surface area contributed by atoms with Crippen LogP contribution in [0.3, 0.4) is 0 Å². The Hall–Kier alpha value is -1.67. The van der Waals surface area contributed by atoms with Crippen molar-refractivity contribution in [3.63, 3.8) is 0 Å². The van der Waals surface area contributed by atoms with Crippen molar-refractivity contribution >= 4 is 16.7 Å². The Bertz CT molecular complexity index is 494. The lowest BCUT2D eigenvalue weighted by Crippen LogP contribution is -2.31. The Labute approximate surface area is 110 Å². The van der Waals surface area contributed by atoms with Crippen molar-refractivity contribution in [1.29, 1.82) is 5.26 Å². The fourth-order valence-corrected chi connectivity index (χ4v) is 2.71. The van der Waals surface area contributed by atoms with Gasteiger partial charge >= 0.3 is 0 Å². The minimum absolute atomic E-state index is 0.0349. The zero-order valence-electron chi connectivity index (χ0n) is 10.5. The van der Waals surface area contributed by atoms with Gasteiger partial charge in [0.25, 0.3) is 0 Å². The van der Waals surface area contributed by atoms with Crippen molar-refractivity contribution < 1.29 is 9.00 Å². The summed E-state index contributed by atoms with van der Waals surface area (Å²) in [5.41, 5.74) is 0.920. The van der Waals surface area contributed by atoms with E-state index < -0.39 is 10.8 Å². The van der Waals surface area contributed by atoms with E-state index in [4.69, 9.17) is 5.26 Å². The first-order valence-electron chi connectivity index (χ1n) is 5.61. The molecule has 18 heavy (non-hydrogen) atoms. The molecule has 0 radical (unpaired) electrons. The number of nitrogens with zero attached hydrogens (tertiary/aromatic N) is 2. The molecule has 1 aromatic rings. The average Bonchev–Trinajstić information content (AvgIpc) is 2.36. The van der Waals surface area contributed by atoms with E-state index in [0.717, 1.165) is 5.56 Å². The Morgan fingerprint density at radius 3 is 2.72 bits per heavy atom. The van der Waals surface area contributed by atoms with Crippen LogP contribution in [0.15, 0.2) is 29.2 Å². The molecule has 0 spiro atoms. The maximum atomic E-state index is 12.1. The maximum Gasteiger partial charge on any atom is 0.235 e. The van der Waals surface area contributed by atoms with Gasteiger partial charge in [-0.25, -0.2) is 0 Å². The first kappa shape index (κ1) is 14.4. The van der Waals surface area contributed by atoms with E-state index in [1.54, 1.807) is 13.1 Å². The molecule has 0 N–H and O–H groups in total. The summed E-state index contributed by atoms with van der Waals surface area (Å²) < 4.78 is 12.1. The second-order valence-electron chi connectivity index (χ2n) is 3.98. The second kappa shape index (κ2) is 6.92. The number of amides is 1. The number of aryl methyl sites for hydroxylation is 1. The third-order valence-electron chi connectivity index (χ3n) is 2.58. The highest BCUT2D eigenvalue weighted by molar-refractivity contribution is 7.85. The van der Waals surface area contributed by atoms with E-state index >= 15 is 0 Å². The van der Waals surface area contributed by atoms with Gasteiger partial charge in [-0.3, -0.25) is 9.00 Å². The third kappa shape index (κ3) is 3.97. The van der Waals surface area contributed by atoms with Crippen molar-refractivity contribution in [3.8, 4) is 6.07 Å². The van der Waals surface area contributed by atoms with Crippen LogP contribution in [-0.4, -0.2) is 34.4 Å². The van der Waals surface area contributed by atoms with Gasteiger partial charge in [0, 0.05) is 18.5 Å². The summed E-state index contributed by atoms with van der Waals surface area (Å²) in [6, 6.07) is 9.30. The molecule has 96 valence electrons. The van der Waals surface area contributed by atoms with Crippen LogP contribution >= 0.6 is 0 Å². The highest BCUT2D eigenvalue weighted by Crippen LogP contribution is 2.12. The number of nitriles is 1. The molecule has 0 aliphatic rings. The predicted octanol–water partition coefficient (Wildman–Crippen LogP) is 1.47. The predicted molar refractivity (Wildman–Crippen MR) is 70.3 cm³/mol. The normalized spacial score (nSPS) is 11.6. The zero-order chi connectivity index (χ0) is 13.5.